The maximum atomic E-state index is 3.72. The first-order valence-electron chi connectivity index (χ1n) is 8.68. The third kappa shape index (κ3) is 3.95. The van der Waals surface area contributed by atoms with Crippen molar-refractivity contribution in [1.29, 1.82) is 0 Å². The molecule has 0 spiro atoms. The highest BCUT2D eigenvalue weighted by atomic mass is 15.2. The highest BCUT2D eigenvalue weighted by Gasteiger charge is 2.31. The van der Waals surface area contributed by atoms with Crippen LogP contribution in [0, 0.1) is 17.8 Å². The predicted octanol–water partition coefficient (Wildman–Crippen LogP) is 3.28. The lowest BCUT2D eigenvalue weighted by molar-refractivity contribution is 0.0754. The van der Waals surface area contributed by atoms with Crippen LogP contribution in [0.5, 0.6) is 0 Å². The van der Waals surface area contributed by atoms with Crippen LogP contribution in [0.3, 0.4) is 0 Å². The highest BCUT2D eigenvalue weighted by molar-refractivity contribution is 4.87. The molecule has 1 N–H and O–H groups in total. The number of hydrogen-bond acceptors (Lipinski definition) is 2. The molecule has 2 nitrogen and oxygen atoms in total. The highest BCUT2D eigenvalue weighted by Crippen LogP contribution is 2.33. The summed E-state index contributed by atoms with van der Waals surface area (Å²) >= 11 is 0. The average molecular weight is 264 g/mol. The van der Waals surface area contributed by atoms with E-state index in [4.69, 9.17) is 0 Å². The summed E-state index contributed by atoms with van der Waals surface area (Å²) in [5, 5.41) is 3.72. The maximum Gasteiger partial charge on any atom is 0.0100 e. The van der Waals surface area contributed by atoms with Gasteiger partial charge in [-0.3, -0.25) is 0 Å². The van der Waals surface area contributed by atoms with Crippen LogP contribution < -0.4 is 5.32 Å². The molecule has 0 aromatic rings. The smallest absolute Gasteiger partial charge is 0.0100 e. The summed E-state index contributed by atoms with van der Waals surface area (Å²) in [5.41, 5.74) is 0. The molecule has 3 rings (SSSR count). The number of likely N-dealkylation sites (tertiary alicyclic amines) is 1. The number of hydrogen-bond donors (Lipinski definition) is 1. The van der Waals surface area contributed by atoms with Crippen molar-refractivity contribution in [1.82, 2.24) is 10.2 Å². The van der Waals surface area contributed by atoms with Crippen LogP contribution in [0.25, 0.3) is 0 Å². The molecular weight excluding hydrogens is 232 g/mol. The van der Waals surface area contributed by atoms with Crippen molar-refractivity contribution in [2.45, 2.75) is 70.9 Å². The Morgan fingerprint density at radius 1 is 0.895 bits per heavy atom. The molecule has 1 aliphatic heterocycles. The molecule has 2 atom stereocenters. The minimum atomic E-state index is 0.887. The lowest BCUT2D eigenvalue weighted by Crippen LogP contribution is -2.46. The van der Waals surface area contributed by atoms with Crippen LogP contribution in [-0.4, -0.2) is 36.6 Å². The van der Waals surface area contributed by atoms with Gasteiger partial charge in [0.05, 0.1) is 0 Å². The van der Waals surface area contributed by atoms with Gasteiger partial charge in [-0.2, -0.15) is 0 Å². The minimum absolute atomic E-state index is 0.887. The van der Waals surface area contributed by atoms with E-state index in [1.807, 2.05) is 0 Å². The molecule has 110 valence electrons. The van der Waals surface area contributed by atoms with Crippen molar-refractivity contribution in [3.63, 3.8) is 0 Å². The second-order valence-electron chi connectivity index (χ2n) is 7.73. The molecule has 2 aliphatic carbocycles. The molecule has 0 aromatic heterocycles. The maximum absolute atomic E-state index is 3.72. The largest absolute Gasteiger partial charge is 0.314 e. The Morgan fingerprint density at radius 2 is 1.53 bits per heavy atom. The number of rotatable bonds is 4. The Hall–Kier alpha value is -0.0800. The molecule has 0 amide bonds. The van der Waals surface area contributed by atoms with Gasteiger partial charge in [0.2, 0.25) is 0 Å². The summed E-state index contributed by atoms with van der Waals surface area (Å²) in [4.78, 5) is 2.82. The van der Waals surface area contributed by atoms with Gasteiger partial charge in [0.1, 0.15) is 0 Å². The molecule has 2 saturated carbocycles. The van der Waals surface area contributed by atoms with E-state index < -0.39 is 0 Å². The van der Waals surface area contributed by atoms with Gasteiger partial charge in [0.25, 0.3) is 0 Å². The van der Waals surface area contributed by atoms with Gasteiger partial charge in [-0.15, -0.1) is 0 Å². The second-order valence-corrected chi connectivity index (χ2v) is 7.73. The summed E-state index contributed by atoms with van der Waals surface area (Å²) in [6.07, 6.45) is 10.1. The van der Waals surface area contributed by atoms with Crippen LogP contribution in [0.1, 0.15) is 58.8 Å². The molecule has 2 unspecified atom stereocenters. The lowest BCUT2D eigenvalue weighted by Gasteiger charge is -2.42. The van der Waals surface area contributed by atoms with Crippen LogP contribution in [-0.2, 0) is 0 Å². The summed E-state index contributed by atoms with van der Waals surface area (Å²) in [5.74, 6) is 2.85. The Balaban J connectivity index is 1.41. The van der Waals surface area contributed by atoms with E-state index in [9.17, 15) is 0 Å². The average Bonchev–Trinajstić information content (AvgIpc) is 3.20. The molecule has 0 aromatic carbocycles. The van der Waals surface area contributed by atoms with Gasteiger partial charge < -0.3 is 10.2 Å². The van der Waals surface area contributed by atoms with Crippen molar-refractivity contribution in [3.05, 3.63) is 0 Å². The fraction of sp³-hybridized carbons (Fsp3) is 1.00. The number of nitrogens with zero attached hydrogens (tertiary/aromatic N) is 1. The fourth-order valence-corrected chi connectivity index (χ4v) is 4.35. The van der Waals surface area contributed by atoms with Crippen molar-refractivity contribution in [2.24, 2.45) is 17.8 Å². The minimum Gasteiger partial charge on any atom is -0.314 e. The molecule has 1 heterocycles. The standard InChI is InChI=1S/C17H32N2/c1-13-9-14(2)11-17(10-13)19-7-5-15(6-8-19)12-18-16-3-4-16/h13-18H,3-12H2,1-2H3. The van der Waals surface area contributed by atoms with Crippen LogP contribution in [0.4, 0.5) is 0 Å². The molecule has 3 fully saturated rings. The first-order valence-corrected chi connectivity index (χ1v) is 8.68. The Bertz CT molecular complexity index is 269. The van der Waals surface area contributed by atoms with E-state index in [1.54, 1.807) is 0 Å². The Kier molecular flexibility index (Phi) is 4.48. The third-order valence-electron chi connectivity index (χ3n) is 5.59. The quantitative estimate of drug-likeness (QED) is 0.838. The van der Waals surface area contributed by atoms with Crippen molar-refractivity contribution in [3.8, 4) is 0 Å². The SMILES string of the molecule is CC1CC(C)CC(N2CCC(CNC3CC3)CC2)C1. The monoisotopic (exact) mass is 264 g/mol. The van der Waals surface area contributed by atoms with E-state index in [0.717, 1.165) is 29.8 Å². The van der Waals surface area contributed by atoms with Crippen molar-refractivity contribution >= 4 is 0 Å². The normalized spacial score (nSPS) is 38.5. The zero-order valence-electron chi connectivity index (χ0n) is 12.9. The molecular formula is C17H32N2. The topological polar surface area (TPSA) is 15.3 Å². The van der Waals surface area contributed by atoms with Gasteiger partial charge in [-0.1, -0.05) is 13.8 Å². The second kappa shape index (κ2) is 6.13. The van der Waals surface area contributed by atoms with Crippen molar-refractivity contribution in [2.75, 3.05) is 19.6 Å². The van der Waals surface area contributed by atoms with Crippen LogP contribution >= 0.6 is 0 Å². The zero-order valence-corrected chi connectivity index (χ0v) is 12.9. The summed E-state index contributed by atoms with van der Waals surface area (Å²) in [6, 6.07) is 1.79. The van der Waals surface area contributed by atoms with E-state index in [0.29, 0.717) is 0 Å². The van der Waals surface area contributed by atoms with E-state index >= 15 is 0 Å². The van der Waals surface area contributed by atoms with Gasteiger partial charge in [-0.05, 0) is 82.3 Å². The summed E-state index contributed by atoms with van der Waals surface area (Å²) < 4.78 is 0. The molecule has 0 radical (unpaired) electrons. The van der Waals surface area contributed by atoms with E-state index in [2.05, 4.69) is 24.1 Å². The van der Waals surface area contributed by atoms with E-state index in [1.165, 1.54) is 64.6 Å². The first kappa shape index (κ1) is 13.9. The predicted molar refractivity (Wildman–Crippen MR) is 81.3 cm³/mol. The molecule has 19 heavy (non-hydrogen) atoms. The Morgan fingerprint density at radius 3 is 2.11 bits per heavy atom. The summed E-state index contributed by atoms with van der Waals surface area (Å²) in [6.45, 7) is 8.92. The molecule has 0 bridgehead atoms. The van der Waals surface area contributed by atoms with E-state index in [-0.39, 0.29) is 0 Å². The first-order chi connectivity index (χ1) is 9.20. The lowest BCUT2D eigenvalue weighted by atomic mass is 9.79. The molecule has 3 aliphatic rings. The third-order valence-corrected chi connectivity index (χ3v) is 5.59. The fourth-order valence-electron chi connectivity index (χ4n) is 4.35. The van der Waals surface area contributed by atoms with Crippen molar-refractivity contribution < 1.29 is 0 Å². The van der Waals surface area contributed by atoms with Gasteiger partial charge in [-0.25, -0.2) is 0 Å². The number of piperidine rings is 1. The van der Waals surface area contributed by atoms with Gasteiger partial charge in [0, 0.05) is 12.1 Å². The summed E-state index contributed by atoms with van der Waals surface area (Å²) in [7, 11) is 0. The molecule has 1 saturated heterocycles. The Labute approximate surface area is 119 Å². The molecule has 2 heteroatoms. The van der Waals surface area contributed by atoms with Crippen LogP contribution in [0.2, 0.25) is 0 Å². The zero-order chi connectivity index (χ0) is 13.2. The van der Waals surface area contributed by atoms with Crippen LogP contribution in [0.15, 0.2) is 0 Å². The number of nitrogens with one attached hydrogen (secondary N) is 1. The van der Waals surface area contributed by atoms with Gasteiger partial charge >= 0.3 is 0 Å². The van der Waals surface area contributed by atoms with Gasteiger partial charge in [0.15, 0.2) is 0 Å².